The van der Waals surface area contributed by atoms with E-state index in [1.807, 2.05) is 50.2 Å². The number of anilines is 1. The van der Waals surface area contributed by atoms with Crippen molar-refractivity contribution in [2.75, 3.05) is 18.9 Å². The summed E-state index contributed by atoms with van der Waals surface area (Å²) < 4.78 is 0. The van der Waals surface area contributed by atoms with Crippen molar-refractivity contribution in [2.24, 2.45) is 0 Å². The molecule has 1 atom stereocenters. The smallest absolute Gasteiger partial charge is 0.243 e. The average molecular weight is 385 g/mol. The van der Waals surface area contributed by atoms with Crippen molar-refractivity contribution in [3.63, 3.8) is 0 Å². The van der Waals surface area contributed by atoms with Gasteiger partial charge in [-0.25, -0.2) is 0 Å². The molecule has 0 spiro atoms. The Morgan fingerprint density at radius 3 is 2.37 bits per heavy atom. The number of hydrogen-bond donors (Lipinski definition) is 1. The predicted octanol–water partition coefficient (Wildman–Crippen LogP) is 4.28. The van der Waals surface area contributed by atoms with Crippen LogP contribution in [0.5, 0.6) is 0 Å². The maximum absolute atomic E-state index is 12.6. The zero-order valence-corrected chi connectivity index (χ0v) is 17.3. The Balaban J connectivity index is 1.86. The van der Waals surface area contributed by atoms with E-state index in [0.29, 0.717) is 0 Å². The number of carbonyl (C=O) groups is 2. The molecule has 0 fully saturated rings. The first-order valence-electron chi connectivity index (χ1n) is 9.21. The Hall–Kier alpha value is -2.27. The second-order valence-corrected chi connectivity index (χ2v) is 7.96. The fraction of sp³-hybridized carbons (Fsp3) is 0.364. The van der Waals surface area contributed by atoms with Gasteiger partial charge in [0.25, 0.3) is 0 Å². The molecule has 0 aromatic heterocycles. The van der Waals surface area contributed by atoms with Crippen LogP contribution in [0.15, 0.2) is 48.5 Å². The molecule has 0 aliphatic carbocycles. The van der Waals surface area contributed by atoms with Crippen LogP contribution >= 0.6 is 11.8 Å². The fourth-order valence-electron chi connectivity index (χ4n) is 2.80. The molecule has 0 aliphatic rings. The number of thioether (sulfide) groups is 1. The van der Waals surface area contributed by atoms with Crippen molar-refractivity contribution < 1.29 is 9.59 Å². The van der Waals surface area contributed by atoms with Crippen LogP contribution in [0.25, 0.3) is 0 Å². The summed E-state index contributed by atoms with van der Waals surface area (Å²) in [5.41, 5.74) is 4.36. The van der Waals surface area contributed by atoms with Gasteiger partial charge >= 0.3 is 0 Å². The molecular formula is C22H28N2O2S. The molecule has 0 saturated carbocycles. The first kappa shape index (κ1) is 21.0. The van der Waals surface area contributed by atoms with Crippen molar-refractivity contribution in [1.82, 2.24) is 4.90 Å². The topological polar surface area (TPSA) is 49.4 Å². The van der Waals surface area contributed by atoms with Gasteiger partial charge in [-0.15, -0.1) is 11.8 Å². The van der Waals surface area contributed by atoms with Gasteiger partial charge in [0.1, 0.15) is 0 Å². The second kappa shape index (κ2) is 10.2. The van der Waals surface area contributed by atoms with Crippen LogP contribution in [-0.4, -0.2) is 35.6 Å². The Morgan fingerprint density at radius 1 is 1.07 bits per heavy atom. The highest BCUT2D eigenvalue weighted by Crippen LogP contribution is 2.21. The summed E-state index contributed by atoms with van der Waals surface area (Å²) in [4.78, 5) is 26.4. The van der Waals surface area contributed by atoms with Crippen molar-refractivity contribution >= 4 is 29.3 Å². The molecule has 2 aromatic carbocycles. The average Bonchev–Trinajstić information content (AvgIpc) is 2.66. The SMILES string of the molecule is CCc1ccccc1NC(=O)CN(C)C(=O)C(C)SCc1ccccc1C. The summed E-state index contributed by atoms with van der Waals surface area (Å²) in [5.74, 6) is 0.569. The van der Waals surface area contributed by atoms with E-state index in [9.17, 15) is 9.59 Å². The number of rotatable bonds is 8. The lowest BCUT2D eigenvalue weighted by Crippen LogP contribution is -2.39. The van der Waals surface area contributed by atoms with Crippen molar-refractivity contribution in [3.8, 4) is 0 Å². The summed E-state index contributed by atoms with van der Waals surface area (Å²) in [6.45, 7) is 6.07. The number of para-hydroxylation sites is 1. The van der Waals surface area contributed by atoms with E-state index in [2.05, 4.69) is 24.4 Å². The zero-order chi connectivity index (χ0) is 19.8. The summed E-state index contributed by atoms with van der Waals surface area (Å²) in [6, 6.07) is 15.9. The quantitative estimate of drug-likeness (QED) is 0.739. The van der Waals surface area contributed by atoms with E-state index >= 15 is 0 Å². The third-order valence-electron chi connectivity index (χ3n) is 4.53. The summed E-state index contributed by atoms with van der Waals surface area (Å²) in [7, 11) is 1.68. The van der Waals surface area contributed by atoms with Gasteiger partial charge in [0.05, 0.1) is 11.8 Å². The van der Waals surface area contributed by atoms with Gasteiger partial charge in [-0.2, -0.15) is 0 Å². The number of nitrogens with zero attached hydrogens (tertiary/aromatic N) is 1. The molecular weight excluding hydrogens is 356 g/mol. The van der Waals surface area contributed by atoms with Crippen LogP contribution in [0, 0.1) is 6.92 Å². The van der Waals surface area contributed by atoms with Gasteiger partial charge in [-0.05, 0) is 43.0 Å². The van der Waals surface area contributed by atoms with Crippen LogP contribution in [0.2, 0.25) is 0 Å². The maximum Gasteiger partial charge on any atom is 0.243 e. The third-order valence-corrected chi connectivity index (χ3v) is 5.71. The molecule has 2 amide bonds. The number of benzene rings is 2. The summed E-state index contributed by atoms with van der Waals surface area (Å²) in [5, 5.41) is 2.71. The van der Waals surface area contributed by atoms with Crippen molar-refractivity contribution in [2.45, 2.75) is 38.2 Å². The molecule has 1 N–H and O–H groups in total. The zero-order valence-electron chi connectivity index (χ0n) is 16.5. The molecule has 27 heavy (non-hydrogen) atoms. The molecule has 0 heterocycles. The number of nitrogens with one attached hydrogen (secondary N) is 1. The number of carbonyl (C=O) groups excluding carboxylic acids is 2. The minimum atomic E-state index is -0.203. The van der Waals surface area contributed by atoms with Gasteiger partial charge in [0.15, 0.2) is 0 Å². The molecule has 0 bridgehead atoms. The lowest BCUT2D eigenvalue weighted by atomic mass is 10.1. The number of hydrogen-bond acceptors (Lipinski definition) is 3. The molecule has 2 aromatic rings. The second-order valence-electron chi connectivity index (χ2n) is 6.63. The van der Waals surface area contributed by atoms with Crippen LogP contribution in [0.4, 0.5) is 5.69 Å². The van der Waals surface area contributed by atoms with E-state index in [0.717, 1.165) is 23.4 Å². The maximum atomic E-state index is 12.6. The van der Waals surface area contributed by atoms with Gasteiger partial charge in [0, 0.05) is 18.5 Å². The number of amides is 2. The van der Waals surface area contributed by atoms with Crippen LogP contribution in [-0.2, 0) is 21.8 Å². The lowest BCUT2D eigenvalue weighted by Gasteiger charge is -2.21. The van der Waals surface area contributed by atoms with Gasteiger partial charge in [-0.3, -0.25) is 9.59 Å². The highest BCUT2D eigenvalue weighted by molar-refractivity contribution is 7.99. The van der Waals surface area contributed by atoms with E-state index in [4.69, 9.17) is 0 Å². The Bertz CT molecular complexity index is 791. The molecule has 5 heteroatoms. The molecule has 0 radical (unpaired) electrons. The normalized spacial score (nSPS) is 11.7. The van der Waals surface area contributed by atoms with Crippen LogP contribution in [0.1, 0.15) is 30.5 Å². The minimum absolute atomic E-state index is 0.0347. The van der Waals surface area contributed by atoms with E-state index in [1.165, 1.54) is 16.0 Å². The Labute approximate surface area is 166 Å². The molecule has 1 unspecified atom stereocenters. The summed E-state index contributed by atoms with van der Waals surface area (Å²) >= 11 is 1.59. The monoisotopic (exact) mass is 384 g/mol. The first-order valence-corrected chi connectivity index (χ1v) is 10.3. The Kier molecular flexibility index (Phi) is 7.92. The highest BCUT2D eigenvalue weighted by Gasteiger charge is 2.20. The Morgan fingerprint density at radius 2 is 1.70 bits per heavy atom. The van der Waals surface area contributed by atoms with E-state index in [1.54, 1.807) is 18.8 Å². The number of aryl methyl sites for hydroxylation is 2. The van der Waals surface area contributed by atoms with Crippen LogP contribution in [0.3, 0.4) is 0 Å². The first-order chi connectivity index (χ1) is 12.9. The molecule has 144 valence electrons. The predicted molar refractivity (Wildman–Crippen MR) is 114 cm³/mol. The van der Waals surface area contributed by atoms with Crippen molar-refractivity contribution in [3.05, 3.63) is 65.2 Å². The van der Waals surface area contributed by atoms with Gasteiger partial charge < -0.3 is 10.2 Å². The van der Waals surface area contributed by atoms with Gasteiger partial charge in [0.2, 0.25) is 11.8 Å². The highest BCUT2D eigenvalue weighted by atomic mass is 32.2. The number of likely N-dealkylation sites (N-methyl/N-ethyl adjacent to an activating group) is 1. The van der Waals surface area contributed by atoms with Gasteiger partial charge in [-0.1, -0.05) is 49.4 Å². The van der Waals surface area contributed by atoms with Crippen LogP contribution < -0.4 is 5.32 Å². The molecule has 4 nitrogen and oxygen atoms in total. The minimum Gasteiger partial charge on any atom is -0.335 e. The van der Waals surface area contributed by atoms with E-state index < -0.39 is 0 Å². The molecule has 0 saturated heterocycles. The molecule has 0 aliphatic heterocycles. The third kappa shape index (κ3) is 6.14. The van der Waals surface area contributed by atoms with Crippen molar-refractivity contribution in [1.29, 1.82) is 0 Å². The lowest BCUT2D eigenvalue weighted by molar-refractivity contribution is -0.132. The standard InChI is InChI=1S/C22H28N2O2S/c1-5-18-11-8-9-13-20(18)23-21(25)14-24(4)22(26)17(3)27-15-19-12-7-6-10-16(19)2/h6-13,17H,5,14-15H2,1-4H3,(H,23,25). The molecule has 2 rings (SSSR count). The largest absolute Gasteiger partial charge is 0.335 e. The van der Waals surface area contributed by atoms with E-state index in [-0.39, 0.29) is 23.6 Å². The summed E-state index contributed by atoms with van der Waals surface area (Å²) in [6.07, 6.45) is 0.845. The fourth-order valence-corrected chi connectivity index (χ4v) is 3.88.